The summed E-state index contributed by atoms with van der Waals surface area (Å²) in [4.78, 5) is 11.3. The van der Waals surface area contributed by atoms with Crippen LogP contribution in [-0.2, 0) is 11.4 Å². The van der Waals surface area contributed by atoms with Gasteiger partial charge in [-0.05, 0) is 70.2 Å². The summed E-state index contributed by atoms with van der Waals surface area (Å²) in [6, 6.07) is 15.3. The molecule has 0 unspecified atom stereocenters. The van der Waals surface area contributed by atoms with Gasteiger partial charge in [0.15, 0.2) is 11.6 Å². The number of methoxy groups -OCH3 is 1. The molecular weight excluding hydrogens is 486 g/mol. The van der Waals surface area contributed by atoms with E-state index >= 15 is 4.39 Å². The Hall–Kier alpha value is -3.41. The van der Waals surface area contributed by atoms with E-state index in [0.717, 1.165) is 23.1 Å². The van der Waals surface area contributed by atoms with Crippen molar-refractivity contribution < 1.29 is 28.2 Å². The van der Waals surface area contributed by atoms with E-state index in [-0.39, 0.29) is 35.9 Å². The first kappa shape index (κ1) is 29.2. The lowest BCUT2D eigenvalue weighted by Crippen LogP contribution is -2.16. The Bertz CT molecular complexity index is 1260. The minimum atomic E-state index is -0.956. The largest absolute Gasteiger partial charge is 0.497 e. The maximum Gasteiger partial charge on any atom is 0.303 e. The van der Waals surface area contributed by atoms with Crippen molar-refractivity contribution in [2.75, 3.05) is 7.11 Å². The summed E-state index contributed by atoms with van der Waals surface area (Å²) in [6.45, 7) is 10.6. The molecule has 0 bridgehead atoms. The molecule has 0 fully saturated rings. The zero-order chi connectivity index (χ0) is 28.0. The highest BCUT2D eigenvalue weighted by Gasteiger charge is 2.26. The second-order valence-electron chi connectivity index (χ2n) is 10.9. The fourth-order valence-corrected chi connectivity index (χ4v) is 4.65. The van der Waals surface area contributed by atoms with Crippen molar-refractivity contribution in [3.8, 4) is 22.6 Å². The van der Waals surface area contributed by atoms with Gasteiger partial charge in [-0.3, -0.25) is 4.79 Å². The zero-order valence-corrected chi connectivity index (χ0v) is 23.1. The van der Waals surface area contributed by atoms with Crippen molar-refractivity contribution >= 4 is 5.97 Å². The van der Waals surface area contributed by atoms with Crippen molar-refractivity contribution in [3.05, 3.63) is 82.9 Å². The van der Waals surface area contributed by atoms with E-state index in [4.69, 9.17) is 9.47 Å². The normalized spacial score (nSPS) is 13.2. The maximum atomic E-state index is 15.4. The van der Waals surface area contributed by atoms with Gasteiger partial charge in [-0.25, -0.2) is 8.78 Å². The minimum absolute atomic E-state index is 0.0777. The predicted octanol–water partition coefficient (Wildman–Crippen LogP) is 8.73. The smallest absolute Gasteiger partial charge is 0.303 e. The first-order chi connectivity index (χ1) is 18.0. The predicted molar refractivity (Wildman–Crippen MR) is 147 cm³/mol. The molecule has 6 heteroatoms. The monoisotopic (exact) mass is 524 g/mol. The van der Waals surface area contributed by atoms with Crippen LogP contribution in [0.3, 0.4) is 0 Å². The van der Waals surface area contributed by atoms with E-state index < -0.39 is 17.7 Å². The van der Waals surface area contributed by atoms with Crippen LogP contribution in [-0.4, -0.2) is 18.2 Å². The van der Waals surface area contributed by atoms with Crippen LogP contribution in [0.1, 0.15) is 82.4 Å². The van der Waals surface area contributed by atoms with Crippen molar-refractivity contribution in [2.24, 2.45) is 5.41 Å². The number of carboxylic acids is 1. The standard InChI is InChI=1S/C32H38F2O4/c1-7-9-22(17-30(35)36)24-10-8-11-29(31(24)34)38-19-21-12-14-25(26(16-21)20(2)32(3,4)5)27-18-23(37-6)13-15-28(27)33/h8,10-16,18,20,22H,7,9,17,19H2,1-6H3,(H,35,36)/t20-,22+/m1/s1. The summed E-state index contributed by atoms with van der Waals surface area (Å²) >= 11 is 0. The number of halogens is 2. The van der Waals surface area contributed by atoms with Crippen LogP contribution in [0, 0.1) is 17.0 Å². The van der Waals surface area contributed by atoms with E-state index in [1.165, 1.54) is 6.07 Å². The molecule has 204 valence electrons. The molecule has 1 N–H and O–H groups in total. The number of hydrogen-bond donors (Lipinski definition) is 1. The van der Waals surface area contributed by atoms with Crippen LogP contribution >= 0.6 is 0 Å². The molecule has 0 aliphatic heterocycles. The topological polar surface area (TPSA) is 55.8 Å². The van der Waals surface area contributed by atoms with E-state index in [0.29, 0.717) is 23.3 Å². The maximum absolute atomic E-state index is 15.4. The molecule has 3 aromatic carbocycles. The Morgan fingerprint density at radius 3 is 2.37 bits per heavy atom. The first-order valence-corrected chi connectivity index (χ1v) is 13.1. The van der Waals surface area contributed by atoms with E-state index in [2.05, 4.69) is 27.7 Å². The van der Waals surface area contributed by atoms with Gasteiger partial charge in [0.1, 0.15) is 18.2 Å². The summed E-state index contributed by atoms with van der Waals surface area (Å²) in [5, 5.41) is 9.28. The van der Waals surface area contributed by atoms with E-state index in [9.17, 15) is 14.3 Å². The highest BCUT2D eigenvalue weighted by atomic mass is 19.1. The van der Waals surface area contributed by atoms with Crippen LogP contribution in [0.4, 0.5) is 8.78 Å². The summed E-state index contributed by atoms with van der Waals surface area (Å²) in [5.74, 6) is -1.50. The molecule has 0 aliphatic rings. The molecule has 0 aliphatic carbocycles. The number of rotatable bonds is 11. The van der Waals surface area contributed by atoms with E-state index in [1.54, 1.807) is 37.4 Å². The van der Waals surface area contributed by atoms with Crippen LogP contribution in [0.5, 0.6) is 11.5 Å². The quantitative estimate of drug-likeness (QED) is 0.272. The van der Waals surface area contributed by atoms with Crippen LogP contribution in [0.15, 0.2) is 54.6 Å². The third-order valence-corrected chi connectivity index (χ3v) is 7.23. The van der Waals surface area contributed by atoms with Crippen molar-refractivity contribution in [3.63, 3.8) is 0 Å². The molecule has 2 atom stereocenters. The number of carbonyl (C=O) groups is 1. The highest BCUT2D eigenvalue weighted by Crippen LogP contribution is 2.41. The van der Waals surface area contributed by atoms with Crippen molar-refractivity contribution in [1.82, 2.24) is 0 Å². The Labute approximate surface area is 224 Å². The second kappa shape index (κ2) is 12.4. The summed E-state index contributed by atoms with van der Waals surface area (Å²) in [6.07, 6.45) is 1.19. The van der Waals surface area contributed by atoms with Gasteiger partial charge < -0.3 is 14.6 Å². The minimum Gasteiger partial charge on any atom is -0.497 e. The molecule has 0 aromatic heterocycles. The number of aliphatic carboxylic acids is 1. The Morgan fingerprint density at radius 1 is 1.00 bits per heavy atom. The Morgan fingerprint density at radius 2 is 1.74 bits per heavy atom. The molecule has 3 rings (SSSR count). The molecule has 0 saturated carbocycles. The third kappa shape index (κ3) is 6.91. The lowest BCUT2D eigenvalue weighted by atomic mass is 9.75. The van der Waals surface area contributed by atoms with Crippen molar-refractivity contribution in [2.45, 2.75) is 72.3 Å². The van der Waals surface area contributed by atoms with Crippen molar-refractivity contribution in [1.29, 1.82) is 0 Å². The molecule has 38 heavy (non-hydrogen) atoms. The molecule has 4 nitrogen and oxygen atoms in total. The Kier molecular flexibility index (Phi) is 9.53. The number of hydrogen-bond acceptors (Lipinski definition) is 3. The van der Waals surface area contributed by atoms with Gasteiger partial charge in [0.2, 0.25) is 0 Å². The lowest BCUT2D eigenvalue weighted by molar-refractivity contribution is -0.137. The number of carboxylic acid groups (broad SMARTS) is 1. The first-order valence-electron chi connectivity index (χ1n) is 13.1. The lowest BCUT2D eigenvalue weighted by Gasteiger charge is -2.30. The molecular formula is C32H38F2O4. The molecule has 0 heterocycles. The fraction of sp³-hybridized carbons (Fsp3) is 0.406. The highest BCUT2D eigenvalue weighted by molar-refractivity contribution is 5.71. The number of benzene rings is 3. The molecule has 0 radical (unpaired) electrons. The van der Waals surface area contributed by atoms with Gasteiger partial charge in [0.25, 0.3) is 0 Å². The second-order valence-corrected chi connectivity index (χ2v) is 10.9. The van der Waals surface area contributed by atoms with Crippen LogP contribution < -0.4 is 9.47 Å². The summed E-state index contributed by atoms with van der Waals surface area (Å²) < 4.78 is 41.6. The Balaban J connectivity index is 1.96. The van der Waals surface area contributed by atoms with Crippen LogP contribution in [0.2, 0.25) is 0 Å². The molecule has 0 spiro atoms. The zero-order valence-electron chi connectivity index (χ0n) is 23.1. The van der Waals surface area contributed by atoms with Gasteiger partial charge in [-0.15, -0.1) is 0 Å². The summed E-state index contributed by atoms with van der Waals surface area (Å²) in [7, 11) is 1.55. The SMILES string of the molecule is CCC[C@@H](CC(=O)O)c1cccc(OCc2ccc(-c3cc(OC)ccc3F)c([C@@H](C)C(C)(C)C)c2)c1F. The average Bonchev–Trinajstić information content (AvgIpc) is 2.87. The number of ether oxygens (including phenoxy) is 2. The molecule has 0 saturated heterocycles. The van der Waals surface area contributed by atoms with Gasteiger partial charge in [-0.2, -0.15) is 0 Å². The van der Waals surface area contributed by atoms with Gasteiger partial charge >= 0.3 is 5.97 Å². The van der Waals surface area contributed by atoms with Gasteiger partial charge in [0.05, 0.1) is 13.5 Å². The van der Waals surface area contributed by atoms with E-state index in [1.807, 2.05) is 25.1 Å². The van der Waals surface area contributed by atoms with Gasteiger partial charge in [-0.1, -0.05) is 71.4 Å². The third-order valence-electron chi connectivity index (χ3n) is 7.23. The van der Waals surface area contributed by atoms with Gasteiger partial charge in [0, 0.05) is 5.56 Å². The molecule has 0 amide bonds. The fourth-order valence-electron chi connectivity index (χ4n) is 4.65. The summed E-state index contributed by atoms with van der Waals surface area (Å²) in [5.41, 5.74) is 3.28. The average molecular weight is 525 g/mol. The van der Waals surface area contributed by atoms with Crippen LogP contribution in [0.25, 0.3) is 11.1 Å². The molecule has 3 aromatic rings.